The van der Waals surface area contributed by atoms with E-state index in [1.54, 1.807) is 0 Å². The highest BCUT2D eigenvalue weighted by molar-refractivity contribution is 9.10. The van der Waals surface area contributed by atoms with Crippen molar-refractivity contribution in [1.29, 1.82) is 0 Å². The van der Waals surface area contributed by atoms with Crippen molar-refractivity contribution in [2.75, 3.05) is 5.32 Å². The summed E-state index contributed by atoms with van der Waals surface area (Å²) in [6.45, 7) is 5.76. The number of hydrogen-bond donors (Lipinski definition) is 1. The van der Waals surface area contributed by atoms with Crippen LogP contribution in [0.2, 0.25) is 0 Å². The lowest BCUT2D eigenvalue weighted by atomic mass is 10.0. The Hall–Kier alpha value is -0.830. The number of rotatable bonds is 2. The molecule has 76 valence electrons. The molecule has 14 heavy (non-hydrogen) atoms. The Labute approximate surface area is 92.8 Å². The molecule has 0 saturated heterocycles. The molecule has 3 heteroatoms. The fourth-order valence-electron chi connectivity index (χ4n) is 1.27. The van der Waals surface area contributed by atoms with Crippen LogP contribution in [0.15, 0.2) is 22.7 Å². The third-order valence-corrected chi connectivity index (χ3v) is 2.66. The standard InChI is InChI=1S/C11H14BrNO/c1-7(2)10-6-9(13-8(3)14)4-5-11(10)12/h4-7H,1-3H3,(H,13,14). The van der Waals surface area contributed by atoms with Gasteiger partial charge in [0.15, 0.2) is 0 Å². The normalized spacial score (nSPS) is 10.4. The number of benzene rings is 1. The minimum Gasteiger partial charge on any atom is -0.326 e. The molecule has 0 spiro atoms. The average molecular weight is 256 g/mol. The van der Waals surface area contributed by atoms with Crippen LogP contribution in [0.5, 0.6) is 0 Å². The van der Waals surface area contributed by atoms with E-state index in [9.17, 15) is 4.79 Å². The lowest BCUT2D eigenvalue weighted by molar-refractivity contribution is -0.114. The van der Waals surface area contributed by atoms with E-state index in [0.29, 0.717) is 5.92 Å². The molecular formula is C11H14BrNO. The summed E-state index contributed by atoms with van der Waals surface area (Å²) < 4.78 is 1.08. The number of amides is 1. The third-order valence-electron chi connectivity index (χ3n) is 1.94. The van der Waals surface area contributed by atoms with Crippen molar-refractivity contribution in [3.05, 3.63) is 28.2 Å². The summed E-state index contributed by atoms with van der Waals surface area (Å²) in [5.41, 5.74) is 2.06. The molecule has 1 N–H and O–H groups in total. The van der Waals surface area contributed by atoms with Gasteiger partial charge in [-0.15, -0.1) is 0 Å². The van der Waals surface area contributed by atoms with Gasteiger partial charge in [-0.25, -0.2) is 0 Å². The van der Waals surface area contributed by atoms with E-state index in [2.05, 4.69) is 35.1 Å². The zero-order valence-corrected chi connectivity index (χ0v) is 10.2. The van der Waals surface area contributed by atoms with Crippen LogP contribution in [0.3, 0.4) is 0 Å². The molecular weight excluding hydrogens is 242 g/mol. The highest BCUT2D eigenvalue weighted by Gasteiger charge is 2.06. The molecule has 0 unspecified atom stereocenters. The lowest BCUT2D eigenvalue weighted by Gasteiger charge is -2.10. The van der Waals surface area contributed by atoms with Crippen LogP contribution in [0.1, 0.15) is 32.3 Å². The summed E-state index contributed by atoms with van der Waals surface area (Å²) >= 11 is 3.48. The molecule has 0 aromatic heterocycles. The smallest absolute Gasteiger partial charge is 0.221 e. The summed E-state index contributed by atoms with van der Waals surface area (Å²) in [5, 5.41) is 2.77. The number of hydrogen-bond acceptors (Lipinski definition) is 1. The monoisotopic (exact) mass is 255 g/mol. The second-order valence-corrected chi connectivity index (χ2v) is 4.43. The SMILES string of the molecule is CC(=O)Nc1ccc(Br)c(C(C)C)c1. The fraction of sp³-hybridized carbons (Fsp3) is 0.364. The second kappa shape index (κ2) is 4.60. The molecule has 0 aliphatic rings. The number of carbonyl (C=O) groups excluding carboxylic acids is 1. The zero-order chi connectivity index (χ0) is 10.7. The summed E-state index contributed by atoms with van der Waals surface area (Å²) in [4.78, 5) is 10.9. The van der Waals surface area contributed by atoms with Crippen molar-refractivity contribution in [3.8, 4) is 0 Å². The minimum absolute atomic E-state index is 0.0398. The lowest BCUT2D eigenvalue weighted by Crippen LogP contribution is -2.06. The van der Waals surface area contributed by atoms with Crippen molar-refractivity contribution in [3.63, 3.8) is 0 Å². The van der Waals surface area contributed by atoms with E-state index in [0.717, 1.165) is 10.2 Å². The number of nitrogens with one attached hydrogen (secondary N) is 1. The van der Waals surface area contributed by atoms with Crippen LogP contribution in [0.25, 0.3) is 0 Å². The Morgan fingerprint density at radius 2 is 2.07 bits per heavy atom. The molecule has 0 bridgehead atoms. The van der Waals surface area contributed by atoms with E-state index in [-0.39, 0.29) is 5.91 Å². The van der Waals surface area contributed by atoms with E-state index in [1.165, 1.54) is 12.5 Å². The first kappa shape index (κ1) is 11.2. The van der Waals surface area contributed by atoms with Gasteiger partial charge in [0.05, 0.1) is 0 Å². The molecule has 0 aliphatic carbocycles. The van der Waals surface area contributed by atoms with E-state index >= 15 is 0 Å². The predicted octanol–water partition coefficient (Wildman–Crippen LogP) is 3.53. The van der Waals surface area contributed by atoms with Crippen LogP contribution >= 0.6 is 15.9 Å². The molecule has 1 rings (SSSR count). The van der Waals surface area contributed by atoms with Gasteiger partial charge in [0, 0.05) is 17.1 Å². The maximum absolute atomic E-state index is 10.9. The summed E-state index contributed by atoms with van der Waals surface area (Å²) in [6.07, 6.45) is 0. The van der Waals surface area contributed by atoms with Gasteiger partial charge in [0.1, 0.15) is 0 Å². The topological polar surface area (TPSA) is 29.1 Å². The first-order chi connectivity index (χ1) is 6.50. The number of anilines is 1. The van der Waals surface area contributed by atoms with Gasteiger partial charge in [-0.05, 0) is 29.7 Å². The van der Waals surface area contributed by atoms with E-state index < -0.39 is 0 Å². The van der Waals surface area contributed by atoms with Gasteiger partial charge < -0.3 is 5.32 Å². The molecule has 0 fully saturated rings. The third kappa shape index (κ3) is 2.84. The molecule has 1 amide bonds. The van der Waals surface area contributed by atoms with Gasteiger partial charge in [-0.2, -0.15) is 0 Å². The second-order valence-electron chi connectivity index (χ2n) is 3.57. The number of carbonyl (C=O) groups is 1. The molecule has 0 atom stereocenters. The Morgan fingerprint density at radius 3 is 2.57 bits per heavy atom. The van der Waals surface area contributed by atoms with Crippen molar-refractivity contribution >= 4 is 27.5 Å². The number of halogens is 1. The Morgan fingerprint density at radius 1 is 1.43 bits per heavy atom. The first-order valence-electron chi connectivity index (χ1n) is 4.57. The minimum atomic E-state index is -0.0398. The summed E-state index contributed by atoms with van der Waals surface area (Å²) in [5.74, 6) is 0.403. The predicted molar refractivity (Wildman–Crippen MR) is 62.5 cm³/mol. The van der Waals surface area contributed by atoms with Crippen molar-refractivity contribution in [2.24, 2.45) is 0 Å². The van der Waals surface area contributed by atoms with Crippen LogP contribution in [0, 0.1) is 0 Å². The van der Waals surface area contributed by atoms with Gasteiger partial charge in [0.25, 0.3) is 0 Å². The van der Waals surface area contributed by atoms with Crippen molar-refractivity contribution in [2.45, 2.75) is 26.7 Å². The summed E-state index contributed by atoms with van der Waals surface area (Å²) in [7, 11) is 0. The first-order valence-corrected chi connectivity index (χ1v) is 5.37. The largest absolute Gasteiger partial charge is 0.326 e. The van der Waals surface area contributed by atoms with Gasteiger partial charge >= 0.3 is 0 Å². The zero-order valence-electron chi connectivity index (χ0n) is 8.60. The Balaban J connectivity index is 3.00. The van der Waals surface area contributed by atoms with Crippen molar-refractivity contribution in [1.82, 2.24) is 0 Å². The van der Waals surface area contributed by atoms with Gasteiger partial charge in [-0.1, -0.05) is 29.8 Å². The van der Waals surface area contributed by atoms with Gasteiger partial charge in [-0.3, -0.25) is 4.79 Å². The molecule has 0 radical (unpaired) electrons. The Kier molecular flexibility index (Phi) is 3.69. The molecule has 0 saturated carbocycles. The molecule has 0 aliphatic heterocycles. The molecule has 0 heterocycles. The van der Waals surface area contributed by atoms with Gasteiger partial charge in [0.2, 0.25) is 5.91 Å². The quantitative estimate of drug-likeness (QED) is 0.861. The molecule has 1 aromatic rings. The van der Waals surface area contributed by atoms with Crippen LogP contribution in [-0.4, -0.2) is 5.91 Å². The summed E-state index contributed by atoms with van der Waals surface area (Å²) in [6, 6.07) is 5.84. The van der Waals surface area contributed by atoms with Crippen LogP contribution in [-0.2, 0) is 4.79 Å². The Bertz CT molecular complexity index is 347. The maximum Gasteiger partial charge on any atom is 0.221 e. The van der Waals surface area contributed by atoms with E-state index in [4.69, 9.17) is 0 Å². The highest BCUT2D eigenvalue weighted by atomic mass is 79.9. The van der Waals surface area contributed by atoms with Crippen LogP contribution < -0.4 is 5.32 Å². The molecule has 1 aromatic carbocycles. The van der Waals surface area contributed by atoms with E-state index in [1.807, 2.05) is 18.2 Å². The molecule has 2 nitrogen and oxygen atoms in total. The highest BCUT2D eigenvalue weighted by Crippen LogP contribution is 2.27. The average Bonchev–Trinajstić information content (AvgIpc) is 2.07. The fourth-order valence-corrected chi connectivity index (χ4v) is 1.97. The maximum atomic E-state index is 10.9. The van der Waals surface area contributed by atoms with Crippen molar-refractivity contribution < 1.29 is 4.79 Å². The van der Waals surface area contributed by atoms with Crippen LogP contribution in [0.4, 0.5) is 5.69 Å².